The summed E-state index contributed by atoms with van der Waals surface area (Å²) in [6.07, 6.45) is 2.53. The van der Waals surface area contributed by atoms with Crippen molar-refractivity contribution in [3.8, 4) is 0 Å². The lowest BCUT2D eigenvalue weighted by Crippen LogP contribution is -2.37. The summed E-state index contributed by atoms with van der Waals surface area (Å²) >= 11 is 0. The van der Waals surface area contributed by atoms with Gasteiger partial charge in [0.2, 0.25) is 0 Å². The molecule has 2 rings (SSSR count). The van der Waals surface area contributed by atoms with E-state index in [1.165, 1.54) is 6.07 Å². The van der Waals surface area contributed by atoms with Crippen LogP contribution in [-0.4, -0.2) is 38.6 Å². The highest BCUT2D eigenvalue weighted by molar-refractivity contribution is 14.0. The first-order chi connectivity index (χ1) is 11.6. The van der Waals surface area contributed by atoms with E-state index in [0.29, 0.717) is 13.1 Å². The molecule has 0 amide bonds. The predicted octanol–water partition coefficient (Wildman–Crippen LogP) is 2.81. The van der Waals surface area contributed by atoms with E-state index < -0.39 is 0 Å². The minimum absolute atomic E-state index is 0. The molecule has 0 bridgehead atoms. The Bertz CT molecular complexity index is 691. The first-order valence-corrected chi connectivity index (χ1v) is 7.89. The number of hydrogen-bond acceptors (Lipinski definition) is 3. The average molecular weight is 457 g/mol. The zero-order valence-corrected chi connectivity index (χ0v) is 17.1. The van der Waals surface area contributed by atoms with Crippen molar-refractivity contribution in [1.82, 2.24) is 15.6 Å². The zero-order valence-electron chi connectivity index (χ0n) is 14.8. The van der Waals surface area contributed by atoms with Crippen molar-refractivity contribution >= 4 is 35.8 Å². The van der Waals surface area contributed by atoms with Crippen LogP contribution in [0.4, 0.5) is 10.2 Å². The molecule has 1 aromatic carbocycles. The van der Waals surface area contributed by atoms with Gasteiger partial charge in [-0.05, 0) is 41.8 Å². The van der Waals surface area contributed by atoms with Crippen LogP contribution < -0.4 is 15.5 Å². The Kier molecular flexibility index (Phi) is 9.18. The fraction of sp³-hybridized carbons (Fsp3) is 0.333. The van der Waals surface area contributed by atoms with E-state index in [1.54, 1.807) is 25.4 Å². The van der Waals surface area contributed by atoms with Crippen molar-refractivity contribution in [2.75, 3.05) is 32.6 Å². The number of benzene rings is 1. The van der Waals surface area contributed by atoms with E-state index in [2.05, 4.69) is 20.6 Å². The normalized spacial score (nSPS) is 10.8. The van der Waals surface area contributed by atoms with Gasteiger partial charge in [0.1, 0.15) is 11.6 Å². The summed E-state index contributed by atoms with van der Waals surface area (Å²) in [5, 5.41) is 6.50. The maximum atomic E-state index is 13.2. The van der Waals surface area contributed by atoms with Crippen LogP contribution in [0.5, 0.6) is 0 Å². The Morgan fingerprint density at radius 2 is 1.96 bits per heavy atom. The van der Waals surface area contributed by atoms with Crippen LogP contribution in [0.2, 0.25) is 0 Å². The number of nitrogens with one attached hydrogen (secondary N) is 2. The molecule has 0 aliphatic carbocycles. The molecule has 0 spiro atoms. The molecule has 0 unspecified atom stereocenters. The van der Waals surface area contributed by atoms with Crippen molar-refractivity contribution in [2.24, 2.45) is 4.99 Å². The number of anilines is 1. The van der Waals surface area contributed by atoms with Gasteiger partial charge in [-0.3, -0.25) is 4.99 Å². The smallest absolute Gasteiger partial charge is 0.191 e. The number of aromatic nitrogens is 1. The van der Waals surface area contributed by atoms with E-state index in [-0.39, 0.29) is 29.8 Å². The summed E-state index contributed by atoms with van der Waals surface area (Å²) in [7, 11) is 5.66. The first kappa shape index (κ1) is 21.1. The summed E-state index contributed by atoms with van der Waals surface area (Å²) in [5.74, 6) is 1.43. The monoisotopic (exact) mass is 457 g/mol. The van der Waals surface area contributed by atoms with Crippen LogP contribution in [0.3, 0.4) is 0 Å². The molecular formula is C18H25FIN5. The molecule has 25 heavy (non-hydrogen) atoms. The molecular weight excluding hydrogens is 432 g/mol. The Hall–Kier alpha value is -1.90. The molecule has 0 aliphatic heterocycles. The SMILES string of the molecule is CN=C(NCCc1cccc(F)c1)NCc1ccnc(N(C)C)c1.I. The van der Waals surface area contributed by atoms with Crippen LogP contribution in [-0.2, 0) is 13.0 Å². The Morgan fingerprint density at radius 1 is 1.16 bits per heavy atom. The van der Waals surface area contributed by atoms with Crippen LogP contribution in [0.15, 0.2) is 47.6 Å². The third kappa shape index (κ3) is 7.25. The van der Waals surface area contributed by atoms with Gasteiger partial charge in [-0.25, -0.2) is 9.37 Å². The number of halogens is 2. The number of hydrogen-bond donors (Lipinski definition) is 2. The summed E-state index contributed by atoms with van der Waals surface area (Å²) in [4.78, 5) is 10.5. The largest absolute Gasteiger partial charge is 0.363 e. The number of pyridine rings is 1. The van der Waals surface area contributed by atoms with E-state index in [0.717, 1.165) is 29.3 Å². The quantitative estimate of drug-likeness (QED) is 0.398. The van der Waals surface area contributed by atoms with Crippen LogP contribution >= 0.6 is 24.0 Å². The molecule has 1 heterocycles. The van der Waals surface area contributed by atoms with Crippen molar-refractivity contribution in [2.45, 2.75) is 13.0 Å². The lowest BCUT2D eigenvalue weighted by atomic mass is 10.1. The van der Waals surface area contributed by atoms with Gasteiger partial charge in [-0.1, -0.05) is 12.1 Å². The fourth-order valence-corrected chi connectivity index (χ4v) is 2.24. The van der Waals surface area contributed by atoms with Gasteiger partial charge in [0, 0.05) is 40.4 Å². The molecule has 136 valence electrons. The minimum atomic E-state index is -0.204. The predicted molar refractivity (Wildman–Crippen MR) is 112 cm³/mol. The maximum Gasteiger partial charge on any atom is 0.191 e. The molecule has 5 nitrogen and oxygen atoms in total. The van der Waals surface area contributed by atoms with Gasteiger partial charge in [0.05, 0.1) is 0 Å². The second-order valence-electron chi connectivity index (χ2n) is 5.65. The van der Waals surface area contributed by atoms with Gasteiger partial charge in [0.15, 0.2) is 5.96 Å². The first-order valence-electron chi connectivity index (χ1n) is 7.89. The Balaban J connectivity index is 0.00000312. The number of guanidine groups is 1. The van der Waals surface area contributed by atoms with Crippen molar-refractivity contribution in [1.29, 1.82) is 0 Å². The van der Waals surface area contributed by atoms with Crippen LogP contribution in [0.25, 0.3) is 0 Å². The number of rotatable bonds is 6. The third-order valence-electron chi connectivity index (χ3n) is 3.55. The van der Waals surface area contributed by atoms with Crippen molar-refractivity contribution in [3.63, 3.8) is 0 Å². The second-order valence-corrected chi connectivity index (χ2v) is 5.65. The zero-order chi connectivity index (χ0) is 17.4. The highest BCUT2D eigenvalue weighted by Crippen LogP contribution is 2.09. The molecule has 0 saturated heterocycles. The summed E-state index contributed by atoms with van der Waals surface area (Å²) in [6.45, 7) is 1.34. The molecule has 0 atom stereocenters. The highest BCUT2D eigenvalue weighted by atomic mass is 127. The van der Waals surface area contributed by atoms with Gasteiger partial charge in [0.25, 0.3) is 0 Å². The lowest BCUT2D eigenvalue weighted by molar-refractivity contribution is 0.625. The van der Waals surface area contributed by atoms with Gasteiger partial charge >= 0.3 is 0 Å². The second kappa shape index (κ2) is 10.9. The van der Waals surface area contributed by atoms with Crippen LogP contribution in [0, 0.1) is 5.82 Å². The molecule has 2 N–H and O–H groups in total. The Morgan fingerprint density at radius 3 is 2.64 bits per heavy atom. The Labute approximate surface area is 165 Å². The summed E-state index contributed by atoms with van der Waals surface area (Å²) in [6, 6.07) is 10.7. The molecule has 7 heteroatoms. The van der Waals surface area contributed by atoms with Crippen molar-refractivity contribution in [3.05, 3.63) is 59.5 Å². The average Bonchev–Trinajstić information content (AvgIpc) is 2.58. The van der Waals surface area contributed by atoms with E-state index in [9.17, 15) is 4.39 Å². The molecule has 1 aromatic heterocycles. The van der Waals surface area contributed by atoms with Gasteiger partial charge < -0.3 is 15.5 Å². The topological polar surface area (TPSA) is 52.6 Å². The molecule has 2 aromatic rings. The minimum Gasteiger partial charge on any atom is -0.363 e. The molecule has 0 saturated carbocycles. The maximum absolute atomic E-state index is 13.2. The van der Waals surface area contributed by atoms with Gasteiger partial charge in [-0.15, -0.1) is 24.0 Å². The van der Waals surface area contributed by atoms with Gasteiger partial charge in [-0.2, -0.15) is 0 Å². The summed E-state index contributed by atoms with van der Waals surface area (Å²) < 4.78 is 13.2. The standard InChI is InChI=1S/C18H24FN5.HI/c1-20-18(22-10-7-14-5-4-6-16(19)11-14)23-13-15-8-9-21-17(12-15)24(2)3;/h4-6,8-9,11-12H,7,10,13H2,1-3H3,(H2,20,22,23);1H. The lowest BCUT2D eigenvalue weighted by Gasteiger charge is -2.14. The van der Waals surface area contributed by atoms with E-state index in [4.69, 9.17) is 0 Å². The number of nitrogens with zero attached hydrogens (tertiary/aromatic N) is 3. The third-order valence-corrected chi connectivity index (χ3v) is 3.55. The van der Waals surface area contributed by atoms with Crippen LogP contribution in [0.1, 0.15) is 11.1 Å². The summed E-state index contributed by atoms with van der Waals surface area (Å²) in [5.41, 5.74) is 2.09. The molecule has 0 radical (unpaired) electrons. The molecule has 0 aliphatic rings. The highest BCUT2D eigenvalue weighted by Gasteiger charge is 2.02. The molecule has 0 fully saturated rings. The number of aliphatic imine (C=N–C) groups is 1. The van der Waals surface area contributed by atoms with E-state index >= 15 is 0 Å². The van der Waals surface area contributed by atoms with E-state index in [1.807, 2.05) is 37.2 Å². The van der Waals surface area contributed by atoms with Crippen molar-refractivity contribution < 1.29 is 4.39 Å². The fourth-order valence-electron chi connectivity index (χ4n) is 2.24.